The van der Waals surface area contributed by atoms with Gasteiger partial charge in [-0.25, -0.2) is 5.01 Å². The molecule has 0 saturated carbocycles. The minimum atomic E-state index is 0. The van der Waals surface area contributed by atoms with Crippen LogP contribution in [-0.2, 0) is 4.74 Å². The Balaban J connectivity index is 0.00000289. The minimum absolute atomic E-state index is 0. The standard InChI is InChI=1S/C14H30N2O.BrH/c1-2-3-4-5-6-7-8-9-10-15-16-11-13-17-14-12-16;/h15H,2-14H2,1H3;1H. The van der Waals surface area contributed by atoms with E-state index in [2.05, 4.69) is 17.4 Å². The van der Waals surface area contributed by atoms with Crippen LogP contribution < -0.4 is 5.43 Å². The zero-order valence-corrected chi connectivity index (χ0v) is 13.7. The van der Waals surface area contributed by atoms with Crippen LogP contribution in [-0.4, -0.2) is 37.9 Å². The molecule has 1 N–H and O–H groups in total. The normalized spacial score (nSPS) is 16.5. The van der Waals surface area contributed by atoms with Crippen LogP contribution in [0.3, 0.4) is 0 Å². The highest BCUT2D eigenvalue weighted by Crippen LogP contribution is 2.07. The molecular formula is C14H31BrN2O. The van der Waals surface area contributed by atoms with Crippen molar-refractivity contribution < 1.29 is 4.74 Å². The van der Waals surface area contributed by atoms with Gasteiger partial charge in [0.05, 0.1) is 13.2 Å². The first-order chi connectivity index (χ1) is 8.43. The third-order valence-corrected chi connectivity index (χ3v) is 3.38. The maximum atomic E-state index is 5.31. The Morgan fingerprint density at radius 2 is 1.44 bits per heavy atom. The average Bonchev–Trinajstić information content (AvgIpc) is 2.38. The first-order valence-corrected chi connectivity index (χ1v) is 7.49. The Hall–Kier alpha value is 0.360. The van der Waals surface area contributed by atoms with E-state index in [1.54, 1.807) is 0 Å². The summed E-state index contributed by atoms with van der Waals surface area (Å²) in [6.07, 6.45) is 11.2. The molecule has 1 heterocycles. The predicted octanol–water partition coefficient (Wildman–Crippen LogP) is 3.54. The number of nitrogens with zero attached hydrogens (tertiary/aromatic N) is 1. The second kappa shape index (κ2) is 13.8. The number of halogens is 1. The highest BCUT2D eigenvalue weighted by Gasteiger charge is 2.08. The largest absolute Gasteiger partial charge is 0.379 e. The van der Waals surface area contributed by atoms with E-state index in [9.17, 15) is 0 Å². The number of ether oxygens (including phenoxy) is 1. The predicted molar refractivity (Wildman–Crippen MR) is 83.3 cm³/mol. The van der Waals surface area contributed by atoms with E-state index in [1.807, 2.05) is 0 Å². The van der Waals surface area contributed by atoms with E-state index in [0.717, 1.165) is 32.8 Å². The molecule has 0 spiro atoms. The van der Waals surface area contributed by atoms with Crippen LogP contribution in [0, 0.1) is 0 Å². The molecule has 0 aliphatic carbocycles. The van der Waals surface area contributed by atoms with Crippen LogP contribution in [0.15, 0.2) is 0 Å². The van der Waals surface area contributed by atoms with Crippen LogP contribution in [0.4, 0.5) is 0 Å². The van der Waals surface area contributed by atoms with Gasteiger partial charge in [-0.3, -0.25) is 5.43 Å². The number of rotatable bonds is 10. The Morgan fingerprint density at radius 1 is 0.889 bits per heavy atom. The van der Waals surface area contributed by atoms with Crippen LogP contribution in [0.2, 0.25) is 0 Å². The number of nitrogens with one attached hydrogen (secondary N) is 1. The summed E-state index contributed by atoms with van der Waals surface area (Å²) in [7, 11) is 0. The minimum Gasteiger partial charge on any atom is -0.379 e. The lowest BCUT2D eigenvalue weighted by molar-refractivity contribution is 0.0118. The van der Waals surface area contributed by atoms with Crippen molar-refractivity contribution in [2.24, 2.45) is 0 Å². The highest BCUT2D eigenvalue weighted by molar-refractivity contribution is 8.93. The van der Waals surface area contributed by atoms with E-state index in [-0.39, 0.29) is 17.0 Å². The number of hydrazine groups is 1. The molecule has 0 amide bonds. The molecule has 1 saturated heterocycles. The fraction of sp³-hybridized carbons (Fsp3) is 1.00. The van der Waals surface area contributed by atoms with Gasteiger partial charge in [-0.1, -0.05) is 51.9 Å². The molecule has 0 aromatic heterocycles. The molecule has 3 nitrogen and oxygen atoms in total. The van der Waals surface area contributed by atoms with E-state index in [4.69, 9.17) is 4.74 Å². The lowest BCUT2D eigenvalue weighted by Gasteiger charge is -2.27. The molecule has 1 rings (SSSR count). The maximum absolute atomic E-state index is 5.31. The smallest absolute Gasteiger partial charge is 0.0608 e. The van der Waals surface area contributed by atoms with Gasteiger partial charge in [-0.05, 0) is 6.42 Å². The van der Waals surface area contributed by atoms with Gasteiger partial charge in [-0.15, -0.1) is 17.0 Å². The topological polar surface area (TPSA) is 24.5 Å². The molecule has 0 unspecified atom stereocenters. The SMILES string of the molecule is Br.CCCCCCCCCCNN1CCOCC1. The fourth-order valence-electron chi connectivity index (χ4n) is 2.22. The van der Waals surface area contributed by atoms with Crippen LogP contribution in [0.1, 0.15) is 58.3 Å². The molecule has 0 radical (unpaired) electrons. The summed E-state index contributed by atoms with van der Waals surface area (Å²) in [4.78, 5) is 0. The van der Waals surface area contributed by atoms with Crippen LogP contribution in [0.25, 0.3) is 0 Å². The summed E-state index contributed by atoms with van der Waals surface area (Å²) in [5, 5.41) is 2.30. The molecule has 1 aliphatic heterocycles. The lowest BCUT2D eigenvalue weighted by atomic mass is 10.1. The zero-order chi connectivity index (χ0) is 12.2. The van der Waals surface area contributed by atoms with Gasteiger partial charge in [0, 0.05) is 19.6 Å². The summed E-state index contributed by atoms with van der Waals surface area (Å²) >= 11 is 0. The van der Waals surface area contributed by atoms with Crippen molar-refractivity contribution in [3.05, 3.63) is 0 Å². The Kier molecular flexibility index (Phi) is 14.1. The average molecular weight is 323 g/mol. The van der Waals surface area contributed by atoms with Gasteiger partial charge in [0.25, 0.3) is 0 Å². The van der Waals surface area contributed by atoms with E-state index < -0.39 is 0 Å². The molecule has 4 heteroatoms. The summed E-state index contributed by atoms with van der Waals surface area (Å²) in [5.74, 6) is 0. The maximum Gasteiger partial charge on any atom is 0.0608 e. The molecule has 0 aromatic carbocycles. The first-order valence-electron chi connectivity index (χ1n) is 7.49. The number of hydrogen-bond acceptors (Lipinski definition) is 3. The number of unbranched alkanes of at least 4 members (excludes halogenated alkanes) is 7. The van der Waals surface area contributed by atoms with Crippen LogP contribution in [0.5, 0.6) is 0 Å². The van der Waals surface area contributed by atoms with Crippen molar-refractivity contribution in [1.82, 2.24) is 10.4 Å². The summed E-state index contributed by atoms with van der Waals surface area (Å²) in [6.45, 7) is 7.25. The monoisotopic (exact) mass is 322 g/mol. The molecule has 1 aliphatic rings. The summed E-state index contributed by atoms with van der Waals surface area (Å²) < 4.78 is 5.31. The van der Waals surface area contributed by atoms with Crippen molar-refractivity contribution in [2.45, 2.75) is 58.3 Å². The van der Waals surface area contributed by atoms with Gasteiger partial charge >= 0.3 is 0 Å². The molecule has 1 fully saturated rings. The molecular weight excluding hydrogens is 292 g/mol. The number of hydrogen-bond donors (Lipinski definition) is 1. The van der Waals surface area contributed by atoms with Gasteiger partial charge in [0.2, 0.25) is 0 Å². The zero-order valence-electron chi connectivity index (χ0n) is 12.0. The third kappa shape index (κ3) is 10.3. The van der Waals surface area contributed by atoms with E-state index in [1.165, 1.54) is 51.4 Å². The Labute approximate surface area is 123 Å². The second-order valence-corrected chi connectivity index (χ2v) is 4.98. The summed E-state index contributed by atoms with van der Waals surface area (Å²) in [5.41, 5.74) is 3.49. The lowest BCUT2D eigenvalue weighted by Crippen LogP contribution is -2.45. The van der Waals surface area contributed by atoms with E-state index >= 15 is 0 Å². The van der Waals surface area contributed by atoms with Crippen molar-refractivity contribution in [1.29, 1.82) is 0 Å². The van der Waals surface area contributed by atoms with E-state index in [0.29, 0.717) is 0 Å². The molecule has 0 bridgehead atoms. The third-order valence-electron chi connectivity index (χ3n) is 3.38. The quantitative estimate of drug-likeness (QED) is 0.622. The van der Waals surface area contributed by atoms with Gasteiger partial charge in [-0.2, -0.15) is 0 Å². The Morgan fingerprint density at radius 3 is 2.06 bits per heavy atom. The molecule has 18 heavy (non-hydrogen) atoms. The number of morpholine rings is 1. The second-order valence-electron chi connectivity index (χ2n) is 4.98. The highest BCUT2D eigenvalue weighted by atomic mass is 79.9. The Bertz CT molecular complexity index is 164. The van der Waals surface area contributed by atoms with Crippen molar-refractivity contribution >= 4 is 17.0 Å². The van der Waals surface area contributed by atoms with Gasteiger partial charge in [0.15, 0.2) is 0 Å². The fourth-order valence-corrected chi connectivity index (χ4v) is 2.22. The summed E-state index contributed by atoms with van der Waals surface area (Å²) in [6, 6.07) is 0. The molecule has 0 aromatic rings. The van der Waals surface area contributed by atoms with Crippen molar-refractivity contribution in [3.63, 3.8) is 0 Å². The van der Waals surface area contributed by atoms with Crippen LogP contribution >= 0.6 is 17.0 Å². The van der Waals surface area contributed by atoms with Crippen molar-refractivity contribution in [3.8, 4) is 0 Å². The molecule has 0 atom stereocenters. The molecule has 110 valence electrons. The first kappa shape index (κ1) is 18.4. The van der Waals surface area contributed by atoms with Gasteiger partial charge < -0.3 is 4.74 Å². The van der Waals surface area contributed by atoms with Crippen molar-refractivity contribution in [2.75, 3.05) is 32.8 Å². The van der Waals surface area contributed by atoms with Gasteiger partial charge in [0.1, 0.15) is 0 Å².